The lowest BCUT2D eigenvalue weighted by molar-refractivity contribution is 1.20. The van der Waals surface area contributed by atoms with Gasteiger partial charge in [0.05, 0.1) is 21.9 Å². The molecule has 0 radical (unpaired) electrons. The third-order valence-electron chi connectivity index (χ3n) is 2.11. The van der Waals surface area contributed by atoms with Crippen LogP contribution in [0.1, 0.15) is 33.3 Å². The Morgan fingerprint density at radius 3 is 2.05 bits per heavy atom. The Balaban J connectivity index is 0.000000741. The van der Waals surface area contributed by atoms with Crippen molar-refractivity contribution in [2.75, 3.05) is 0 Å². The molecule has 2 aromatic rings. The van der Waals surface area contributed by atoms with Crippen molar-refractivity contribution >= 4 is 23.2 Å². The Morgan fingerprint density at radius 1 is 0.895 bits per heavy atom. The summed E-state index contributed by atoms with van der Waals surface area (Å²) in [6.45, 7) is 9.91. The minimum Gasteiger partial charge on any atom is -0.261 e. The molecule has 1 heterocycles. The van der Waals surface area contributed by atoms with E-state index in [0.29, 0.717) is 10.0 Å². The molecule has 0 bridgehead atoms. The van der Waals surface area contributed by atoms with Gasteiger partial charge in [-0.3, -0.25) is 9.97 Å². The number of nitrogens with zero attached hydrogens (tertiary/aromatic N) is 2. The maximum absolute atomic E-state index is 6.13. The Kier molecular flexibility index (Phi) is 9.19. The number of benzene rings is 1. The van der Waals surface area contributed by atoms with Crippen molar-refractivity contribution in [2.45, 2.75) is 34.6 Å². The zero-order valence-corrected chi connectivity index (χ0v) is 13.5. The lowest BCUT2D eigenvalue weighted by atomic mass is 10.1. The normalized spacial score (nSPS) is 8.79. The predicted octanol–water partition coefficient (Wildman–Crippen LogP) is 5.81. The molecule has 0 atom stereocenters. The van der Waals surface area contributed by atoms with Crippen molar-refractivity contribution in [1.82, 2.24) is 9.97 Å². The largest absolute Gasteiger partial charge is 0.261 e. The summed E-state index contributed by atoms with van der Waals surface area (Å²) in [6, 6.07) is 3.81. The first-order valence-corrected chi connectivity index (χ1v) is 7.16. The molecule has 2 rings (SSSR count). The standard InChI is InChI=1S/C11H8Cl2N2.2C2H6/c1-7-2-3-8(11(13)10(7)12)9-6-14-4-5-15-9;2*1-2/h2-6H,1H3;2*1-2H3. The first kappa shape index (κ1) is 17.9. The number of halogens is 2. The third kappa shape index (κ3) is 4.81. The Hall–Kier alpha value is -1.12. The molecule has 0 saturated carbocycles. The van der Waals surface area contributed by atoms with Crippen LogP contribution in [0.15, 0.2) is 30.7 Å². The maximum atomic E-state index is 6.13. The smallest absolute Gasteiger partial charge is 0.0900 e. The molecule has 104 valence electrons. The second-order valence-corrected chi connectivity index (χ2v) is 3.90. The van der Waals surface area contributed by atoms with Crippen LogP contribution in [0.25, 0.3) is 11.3 Å². The van der Waals surface area contributed by atoms with Gasteiger partial charge in [0.2, 0.25) is 0 Å². The fourth-order valence-corrected chi connectivity index (χ4v) is 1.76. The molecule has 0 fully saturated rings. The molecule has 0 unspecified atom stereocenters. The molecule has 4 heteroatoms. The third-order valence-corrected chi connectivity index (χ3v) is 3.09. The van der Waals surface area contributed by atoms with Gasteiger partial charge in [-0.25, -0.2) is 0 Å². The highest BCUT2D eigenvalue weighted by atomic mass is 35.5. The SMILES string of the molecule is CC.CC.Cc1ccc(-c2cnccn2)c(Cl)c1Cl. The summed E-state index contributed by atoms with van der Waals surface area (Å²) in [5, 5.41) is 1.09. The van der Waals surface area contributed by atoms with Gasteiger partial charge in [-0.15, -0.1) is 0 Å². The van der Waals surface area contributed by atoms with E-state index in [-0.39, 0.29) is 0 Å². The lowest BCUT2D eigenvalue weighted by Crippen LogP contribution is -1.87. The molecule has 1 aromatic heterocycles. The average molecular weight is 299 g/mol. The summed E-state index contributed by atoms with van der Waals surface area (Å²) in [4.78, 5) is 8.17. The highest BCUT2D eigenvalue weighted by molar-refractivity contribution is 6.44. The van der Waals surface area contributed by atoms with E-state index >= 15 is 0 Å². The van der Waals surface area contributed by atoms with Crippen LogP contribution in [0.2, 0.25) is 10.0 Å². The van der Waals surface area contributed by atoms with Gasteiger partial charge >= 0.3 is 0 Å². The van der Waals surface area contributed by atoms with Gasteiger partial charge in [-0.05, 0) is 12.5 Å². The van der Waals surface area contributed by atoms with Crippen molar-refractivity contribution in [3.8, 4) is 11.3 Å². The zero-order chi connectivity index (χ0) is 14.8. The molecular formula is C15H20Cl2N2. The van der Waals surface area contributed by atoms with E-state index in [9.17, 15) is 0 Å². The Bertz CT molecular complexity index is 485. The van der Waals surface area contributed by atoms with Gasteiger partial charge in [-0.2, -0.15) is 0 Å². The lowest BCUT2D eigenvalue weighted by Gasteiger charge is -2.06. The molecule has 2 nitrogen and oxygen atoms in total. The molecule has 0 amide bonds. The van der Waals surface area contributed by atoms with Crippen LogP contribution < -0.4 is 0 Å². The van der Waals surface area contributed by atoms with E-state index in [4.69, 9.17) is 23.2 Å². The molecule has 0 spiro atoms. The second kappa shape index (κ2) is 9.76. The van der Waals surface area contributed by atoms with Gasteiger partial charge in [0.15, 0.2) is 0 Å². The van der Waals surface area contributed by atoms with Gasteiger partial charge in [-0.1, -0.05) is 63.0 Å². The maximum Gasteiger partial charge on any atom is 0.0900 e. The van der Waals surface area contributed by atoms with Gasteiger partial charge in [0.25, 0.3) is 0 Å². The summed E-state index contributed by atoms with van der Waals surface area (Å²) in [5.41, 5.74) is 2.49. The van der Waals surface area contributed by atoms with Gasteiger partial charge in [0.1, 0.15) is 0 Å². The molecule has 19 heavy (non-hydrogen) atoms. The molecule has 0 saturated heterocycles. The predicted molar refractivity (Wildman–Crippen MR) is 84.9 cm³/mol. The summed E-state index contributed by atoms with van der Waals surface area (Å²) in [7, 11) is 0. The topological polar surface area (TPSA) is 25.8 Å². The highest BCUT2D eigenvalue weighted by Gasteiger charge is 2.09. The number of rotatable bonds is 1. The van der Waals surface area contributed by atoms with Crippen LogP contribution in [0.3, 0.4) is 0 Å². The molecule has 0 aliphatic rings. The van der Waals surface area contributed by atoms with Crippen LogP contribution >= 0.6 is 23.2 Å². The van der Waals surface area contributed by atoms with Crippen LogP contribution in [-0.4, -0.2) is 9.97 Å². The monoisotopic (exact) mass is 298 g/mol. The molecule has 0 N–H and O–H groups in total. The fourth-order valence-electron chi connectivity index (χ4n) is 1.28. The van der Waals surface area contributed by atoms with Gasteiger partial charge in [0, 0.05) is 18.0 Å². The summed E-state index contributed by atoms with van der Waals surface area (Å²) < 4.78 is 0. The zero-order valence-electron chi connectivity index (χ0n) is 12.0. The van der Waals surface area contributed by atoms with Gasteiger partial charge < -0.3 is 0 Å². The number of hydrogen-bond acceptors (Lipinski definition) is 2. The molecule has 1 aromatic carbocycles. The quantitative estimate of drug-likeness (QED) is 0.664. The van der Waals surface area contributed by atoms with Crippen LogP contribution in [-0.2, 0) is 0 Å². The Morgan fingerprint density at radius 2 is 1.53 bits per heavy atom. The first-order chi connectivity index (χ1) is 9.20. The minimum absolute atomic E-state index is 0.525. The summed E-state index contributed by atoms with van der Waals surface area (Å²) >= 11 is 12.2. The molecule has 0 aliphatic carbocycles. The minimum atomic E-state index is 0.525. The van der Waals surface area contributed by atoms with E-state index in [1.807, 2.05) is 46.8 Å². The van der Waals surface area contributed by atoms with Crippen molar-refractivity contribution < 1.29 is 0 Å². The van der Waals surface area contributed by atoms with E-state index in [1.54, 1.807) is 18.6 Å². The first-order valence-electron chi connectivity index (χ1n) is 6.41. The number of aromatic nitrogens is 2. The van der Waals surface area contributed by atoms with E-state index in [2.05, 4.69) is 9.97 Å². The van der Waals surface area contributed by atoms with Crippen LogP contribution in [0, 0.1) is 6.92 Å². The summed E-state index contributed by atoms with van der Waals surface area (Å²) in [5.74, 6) is 0. The fraction of sp³-hybridized carbons (Fsp3) is 0.333. The van der Waals surface area contributed by atoms with E-state index in [1.165, 1.54) is 0 Å². The average Bonchev–Trinajstić information content (AvgIpc) is 2.50. The van der Waals surface area contributed by atoms with Crippen LogP contribution in [0.4, 0.5) is 0 Å². The Labute approximate surface area is 125 Å². The second-order valence-electron chi connectivity index (χ2n) is 3.15. The number of aryl methyl sites for hydroxylation is 1. The van der Waals surface area contributed by atoms with Crippen LogP contribution in [0.5, 0.6) is 0 Å². The van der Waals surface area contributed by atoms with E-state index < -0.39 is 0 Å². The van der Waals surface area contributed by atoms with E-state index in [0.717, 1.165) is 16.8 Å². The van der Waals surface area contributed by atoms with Crippen molar-refractivity contribution in [1.29, 1.82) is 0 Å². The van der Waals surface area contributed by atoms with Crippen molar-refractivity contribution in [2.24, 2.45) is 0 Å². The van der Waals surface area contributed by atoms with Crippen molar-refractivity contribution in [3.05, 3.63) is 46.3 Å². The molecular weight excluding hydrogens is 279 g/mol. The van der Waals surface area contributed by atoms with Crippen molar-refractivity contribution in [3.63, 3.8) is 0 Å². The molecule has 0 aliphatic heterocycles. The summed E-state index contributed by atoms with van der Waals surface area (Å²) in [6.07, 6.45) is 4.90. The number of hydrogen-bond donors (Lipinski definition) is 0. The highest BCUT2D eigenvalue weighted by Crippen LogP contribution is 2.34.